The van der Waals surface area contributed by atoms with Crippen LogP contribution in [-0.2, 0) is 21.2 Å². The van der Waals surface area contributed by atoms with Crippen LogP contribution in [0.4, 0.5) is 5.69 Å². The second-order valence-corrected chi connectivity index (χ2v) is 9.45. The molecule has 1 saturated heterocycles. The van der Waals surface area contributed by atoms with E-state index in [1.165, 1.54) is 10.4 Å². The topological polar surface area (TPSA) is 75.7 Å². The lowest BCUT2D eigenvalue weighted by Gasteiger charge is -2.26. The summed E-state index contributed by atoms with van der Waals surface area (Å²) in [4.78, 5) is 12.6. The third-order valence-electron chi connectivity index (χ3n) is 4.70. The molecule has 1 aliphatic heterocycles. The molecule has 1 fully saturated rings. The minimum atomic E-state index is -3.57. The smallest absolute Gasteiger partial charge is 0.243 e. The number of hydrogen-bond donors (Lipinski definition) is 1. The van der Waals surface area contributed by atoms with E-state index < -0.39 is 10.0 Å². The number of carbonyl (C=O) groups is 1. The number of benzene rings is 1. The highest BCUT2D eigenvalue weighted by Gasteiger charge is 2.27. The summed E-state index contributed by atoms with van der Waals surface area (Å²) in [5, 5.41) is 6.83. The first kappa shape index (κ1) is 20.8. The second kappa shape index (κ2) is 9.54. The highest BCUT2D eigenvalue weighted by atomic mass is 32.2. The maximum Gasteiger partial charge on any atom is 0.243 e. The van der Waals surface area contributed by atoms with Gasteiger partial charge in [0.15, 0.2) is 0 Å². The van der Waals surface area contributed by atoms with Crippen molar-refractivity contribution in [2.45, 2.75) is 43.9 Å². The number of thiophene rings is 1. The Hall–Kier alpha value is -1.90. The molecular weight excluding hydrogens is 396 g/mol. The Bertz CT molecular complexity index is 889. The summed E-state index contributed by atoms with van der Waals surface area (Å²) in [6, 6.07) is 6.68. The number of hydrogen-bond acceptors (Lipinski definition) is 5. The second-order valence-electron chi connectivity index (χ2n) is 6.74. The summed E-state index contributed by atoms with van der Waals surface area (Å²) in [6.45, 7) is 3.35. The van der Waals surface area contributed by atoms with Crippen LogP contribution in [0.5, 0.6) is 5.75 Å². The number of amides is 1. The summed E-state index contributed by atoms with van der Waals surface area (Å²) in [5.74, 6) is 0.309. The minimum absolute atomic E-state index is 0.167. The van der Waals surface area contributed by atoms with Crippen molar-refractivity contribution in [2.75, 3.05) is 25.0 Å². The Balaban J connectivity index is 1.77. The molecule has 0 radical (unpaired) electrons. The first-order valence-corrected chi connectivity index (χ1v) is 12.0. The molecule has 8 heteroatoms. The Morgan fingerprint density at radius 1 is 1.21 bits per heavy atom. The maximum absolute atomic E-state index is 12.9. The van der Waals surface area contributed by atoms with Gasteiger partial charge in [-0.15, -0.1) is 0 Å². The van der Waals surface area contributed by atoms with Gasteiger partial charge in [-0.1, -0.05) is 6.42 Å². The summed E-state index contributed by atoms with van der Waals surface area (Å²) < 4.78 is 33.0. The molecule has 1 aromatic heterocycles. The van der Waals surface area contributed by atoms with E-state index in [4.69, 9.17) is 4.74 Å². The van der Waals surface area contributed by atoms with Crippen molar-refractivity contribution < 1.29 is 17.9 Å². The summed E-state index contributed by atoms with van der Waals surface area (Å²) in [5.41, 5.74) is 1.52. The monoisotopic (exact) mass is 422 g/mol. The SMILES string of the molecule is CCOc1ccc(S(=O)(=O)N2CCCCC2)cc1NC(=O)CCc1ccsc1. The number of nitrogens with one attached hydrogen (secondary N) is 1. The van der Waals surface area contributed by atoms with Crippen molar-refractivity contribution in [1.82, 2.24) is 4.31 Å². The van der Waals surface area contributed by atoms with Gasteiger partial charge in [0.2, 0.25) is 15.9 Å². The van der Waals surface area contributed by atoms with Crippen LogP contribution in [0, 0.1) is 0 Å². The van der Waals surface area contributed by atoms with E-state index in [1.54, 1.807) is 23.5 Å². The van der Waals surface area contributed by atoms with Gasteiger partial charge in [-0.25, -0.2) is 8.42 Å². The lowest BCUT2D eigenvalue weighted by molar-refractivity contribution is -0.116. The van der Waals surface area contributed by atoms with Crippen molar-refractivity contribution in [2.24, 2.45) is 0 Å². The molecule has 1 aromatic carbocycles. The average Bonchev–Trinajstić information content (AvgIpc) is 3.22. The fraction of sp³-hybridized carbons (Fsp3) is 0.450. The van der Waals surface area contributed by atoms with E-state index in [2.05, 4.69) is 5.32 Å². The van der Waals surface area contributed by atoms with Crippen LogP contribution in [0.3, 0.4) is 0 Å². The number of ether oxygens (including phenoxy) is 1. The minimum Gasteiger partial charge on any atom is -0.492 e. The van der Waals surface area contributed by atoms with Gasteiger partial charge in [-0.05, 0) is 66.8 Å². The predicted molar refractivity (Wildman–Crippen MR) is 111 cm³/mol. The lowest BCUT2D eigenvalue weighted by Crippen LogP contribution is -2.35. The van der Waals surface area contributed by atoms with Gasteiger partial charge in [0.1, 0.15) is 5.75 Å². The molecule has 1 aliphatic rings. The Morgan fingerprint density at radius 3 is 2.68 bits per heavy atom. The van der Waals surface area contributed by atoms with Crippen LogP contribution in [0.1, 0.15) is 38.2 Å². The molecule has 0 unspecified atom stereocenters. The summed E-state index contributed by atoms with van der Waals surface area (Å²) in [6.07, 6.45) is 3.78. The molecule has 0 bridgehead atoms. The fourth-order valence-corrected chi connectivity index (χ4v) is 5.46. The van der Waals surface area contributed by atoms with E-state index >= 15 is 0 Å². The molecule has 0 atom stereocenters. The normalized spacial score (nSPS) is 15.3. The van der Waals surface area contributed by atoms with Crippen molar-refractivity contribution in [3.05, 3.63) is 40.6 Å². The predicted octanol–water partition coefficient (Wildman–Crippen LogP) is 3.89. The van der Waals surface area contributed by atoms with Gasteiger partial charge in [-0.3, -0.25) is 4.79 Å². The first-order chi connectivity index (χ1) is 13.5. The van der Waals surface area contributed by atoms with E-state index in [1.807, 2.05) is 23.8 Å². The van der Waals surface area contributed by atoms with Gasteiger partial charge < -0.3 is 10.1 Å². The molecule has 2 aromatic rings. The quantitative estimate of drug-likeness (QED) is 0.700. The summed E-state index contributed by atoms with van der Waals surface area (Å²) >= 11 is 1.60. The van der Waals surface area contributed by atoms with Gasteiger partial charge in [0, 0.05) is 19.5 Å². The molecule has 0 saturated carbocycles. The molecule has 2 heterocycles. The van der Waals surface area contributed by atoms with Crippen molar-refractivity contribution in [3.63, 3.8) is 0 Å². The van der Waals surface area contributed by atoms with E-state index in [9.17, 15) is 13.2 Å². The van der Waals surface area contributed by atoms with Crippen LogP contribution in [0.25, 0.3) is 0 Å². The van der Waals surface area contributed by atoms with Crippen molar-refractivity contribution in [1.29, 1.82) is 0 Å². The summed E-state index contributed by atoms with van der Waals surface area (Å²) in [7, 11) is -3.57. The van der Waals surface area contributed by atoms with Gasteiger partial charge in [0.25, 0.3) is 0 Å². The van der Waals surface area contributed by atoms with Gasteiger partial charge in [-0.2, -0.15) is 15.6 Å². The number of carbonyl (C=O) groups excluding carboxylic acids is 1. The molecular formula is C20H26N2O4S2. The third kappa shape index (κ3) is 5.12. The lowest BCUT2D eigenvalue weighted by atomic mass is 10.2. The van der Waals surface area contributed by atoms with Crippen LogP contribution in [-0.4, -0.2) is 38.3 Å². The molecule has 28 heavy (non-hydrogen) atoms. The van der Waals surface area contributed by atoms with Gasteiger partial charge >= 0.3 is 0 Å². The zero-order chi connectivity index (χ0) is 20.0. The molecule has 0 spiro atoms. The number of anilines is 1. The average molecular weight is 423 g/mol. The largest absolute Gasteiger partial charge is 0.492 e. The third-order valence-corrected chi connectivity index (χ3v) is 7.33. The first-order valence-electron chi connectivity index (χ1n) is 9.58. The van der Waals surface area contributed by atoms with Crippen LogP contribution < -0.4 is 10.1 Å². The van der Waals surface area contributed by atoms with Crippen LogP contribution >= 0.6 is 11.3 Å². The molecule has 3 rings (SSSR count). The molecule has 152 valence electrons. The van der Waals surface area contributed by atoms with Gasteiger partial charge in [0.05, 0.1) is 17.2 Å². The van der Waals surface area contributed by atoms with Crippen LogP contribution in [0.2, 0.25) is 0 Å². The standard InChI is InChI=1S/C20H26N2O4S2/c1-2-26-19-8-7-17(28(24,25)22-11-4-3-5-12-22)14-18(19)21-20(23)9-6-16-10-13-27-15-16/h7-8,10,13-15H,2-6,9,11-12H2,1H3,(H,21,23). The maximum atomic E-state index is 12.9. The van der Waals surface area contributed by atoms with E-state index in [-0.39, 0.29) is 10.8 Å². The number of aryl methyl sites for hydroxylation is 1. The van der Waals surface area contributed by atoms with E-state index in [0.717, 1.165) is 24.8 Å². The zero-order valence-corrected chi connectivity index (χ0v) is 17.7. The molecule has 6 nitrogen and oxygen atoms in total. The fourth-order valence-electron chi connectivity index (χ4n) is 3.21. The molecule has 1 amide bonds. The highest BCUT2D eigenvalue weighted by Crippen LogP contribution is 2.30. The Labute approximate surface area is 170 Å². The Kier molecular flexibility index (Phi) is 7.09. The zero-order valence-electron chi connectivity index (χ0n) is 16.0. The Morgan fingerprint density at radius 2 is 2.00 bits per heavy atom. The number of rotatable bonds is 8. The van der Waals surface area contributed by atoms with E-state index in [0.29, 0.717) is 44.0 Å². The van der Waals surface area contributed by atoms with Crippen molar-refractivity contribution in [3.8, 4) is 5.75 Å². The molecule has 0 aliphatic carbocycles. The number of sulfonamides is 1. The highest BCUT2D eigenvalue weighted by molar-refractivity contribution is 7.89. The van der Waals surface area contributed by atoms with Crippen LogP contribution in [0.15, 0.2) is 39.9 Å². The number of piperidine rings is 1. The van der Waals surface area contributed by atoms with Crippen molar-refractivity contribution >= 4 is 33.0 Å². The number of nitrogens with zero attached hydrogens (tertiary/aromatic N) is 1. The molecule has 1 N–H and O–H groups in total.